The lowest BCUT2D eigenvalue weighted by atomic mass is 9.88. The number of likely N-dealkylation sites (tertiary alicyclic amines) is 1. The van der Waals surface area contributed by atoms with Crippen LogP contribution < -0.4 is 5.56 Å². The highest BCUT2D eigenvalue weighted by atomic mass is 19.2. The van der Waals surface area contributed by atoms with Crippen LogP contribution in [-0.2, 0) is 18.3 Å². The number of H-pyrrole nitrogens is 1. The first-order chi connectivity index (χ1) is 15.3. The Morgan fingerprint density at radius 3 is 2.66 bits per heavy atom. The largest absolute Gasteiger partial charge is 0.343 e. The van der Waals surface area contributed by atoms with Gasteiger partial charge >= 0.3 is 0 Å². The first kappa shape index (κ1) is 21.8. The second-order valence-electron chi connectivity index (χ2n) is 8.02. The first-order valence-corrected chi connectivity index (χ1v) is 10.5. The Bertz CT molecular complexity index is 1230. The summed E-state index contributed by atoms with van der Waals surface area (Å²) in [4.78, 5) is 46.1. The van der Waals surface area contributed by atoms with Gasteiger partial charge in [0.05, 0.1) is 6.20 Å². The predicted octanol–water partition coefficient (Wildman–Crippen LogP) is 2.38. The molecule has 3 heterocycles. The summed E-state index contributed by atoms with van der Waals surface area (Å²) in [5, 5.41) is 4.45. The minimum absolute atomic E-state index is 0.0207. The Hall–Kier alpha value is -3.43. The van der Waals surface area contributed by atoms with E-state index >= 15 is 0 Å². The van der Waals surface area contributed by atoms with Gasteiger partial charge < -0.3 is 9.88 Å². The fourth-order valence-electron chi connectivity index (χ4n) is 4.04. The second kappa shape index (κ2) is 8.97. The molecule has 0 saturated carbocycles. The summed E-state index contributed by atoms with van der Waals surface area (Å²) in [6, 6.07) is 3.17. The van der Waals surface area contributed by atoms with Gasteiger partial charge in [0.15, 0.2) is 23.1 Å². The van der Waals surface area contributed by atoms with Gasteiger partial charge in [0.25, 0.3) is 5.56 Å². The van der Waals surface area contributed by atoms with Crippen molar-refractivity contribution in [2.24, 2.45) is 13.0 Å². The van der Waals surface area contributed by atoms with Gasteiger partial charge in [-0.05, 0) is 37.5 Å². The maximum atomic E-state index is 13.4. The minimum Gasteiger partial charge on any atom is -0.343 e. The van der Waals surface area contributed by atoms with Crippen LogP contribution in [0.2, 0.25) is 0 Å². The van der Waals surface area contributed by atoms with Gasteiger partial charge in [-0.25, -0.2) is 13.8 Å². The monoisotopic (exact) mass is 443 g/mol. The number of fused-ring (bicyclic) bond motifs is 1. The van der Waals surface area contributed by atoms with Crippen molar-refractivity contribution in [1.29, 1.82) is 0 Å². The van der Waals surface area contributed by atoms with Gasteiger partial charge in [0.1, 0.15) is 11.2 Å². The van der Waals surface area contributed by atoms with Gasteiger partial charge in [0, 0.05) is 44.5 Å². The van der Waals surface area contributed by atoms with Crippen molar-refractivity contribution in [3.05, 3.63) is 57.8 Å². The first-order valence-electron chi connectivity index (χ1n) is 10.5. The zero-order valence-corrected chi connectivity index (χ0v) is 17.6. The number of nitrogens with zero attached hydrogens (tertiary/aromatic N) is 4. The average Bonchev–Trinajstić information content (AvgIpc) is 3.16. The van der Waals surface area contributed by atoms with Crippen LogP contribution in [0.4, 0.5) is 8.78 Å². The van der Waals surface area contributed by atoms with E-state index in [0.29, 0.717) is 62.1 Å². The molecule has 1 N–H and O–H groups in total. The molecule has 0 atom stereocenters. The molecule has 1 amide bonds. The van der Waals surface area contributed by atoms with Crippen LogP contribution in [0, 0.1) is 17.6 Å². The molecule has 1 fully saturated rings. The minimum atomic E-state index is -1.04. The van der Waals surface area contributed by atoms with Crippen LogP contribution in [0.5, 0.6) is 0 Å². The van der Waals surface area contributed by atoms with Crippen molar-refractivity contribution in [2.75, 3.05) is 13.1 Å². The molecule has 10 heteroatoms. The highest BCUT2D eigenvalue weighted by molar-refractivity contribution is 5.98. The molecular weight excluding hydrogens is 420 g/mol. The molecule has 3 aromatic rings. The number of carbonyl (C=O) groups is 2. The Labute approximate surface area is 182 Å². The van der Waals surface area contributed by atoms with Crippen molar-refractivity contribution >= 4 is 22.7 Å². The fourth-order valence-corrected chi connectivity index (χ4v) is 4.04. The molecule has 8 nitrogen and oxygen atoms in total. The smallest absolute Gasteiger partial charge is 0.262 e. The molecule has 4 rings (SSSR count). The van der Waals surface area contributed by atoms with E-state index in [1.54, 1.807) is 11.9 Å². The summed E-state index contributed by atoms with van der Waals surface area (Å²) < 4.78 is 28.0. The van der Waals surface area contributed by atoms with E-state index in [4.69, 9.17) is 0 Å². The predicted molar refractivity (Wildman–Crippen MR) is 112 cm³/mol. The van der Waals surface area contributed by atoms with Crippen LogP contribution >= 0.6 is 0 Å². The number of hydrogen-bond donors (Lipinski definition) is 1. The van der Waals surface area contributed by atoms with Crippen LogP contribution in [0.1, 0.15) is 41.9 Å². The highest BCUT2D eigenvalue weighted by Gasteiger charge is 2.28. The Morgan fingerprint density at radius 2 is 1.94 bits per heavy atom. The van der Waals surface area contributed by atoms with Gasteiger partial charge in [-0.3, -0.25) is 19.1 Å². The molecule has 0 aliphatic carbocycles. The molecule has 1 aromatic carbocycles. The molecule has 0 radical (unpaired) electrons. The number of Topliss-reactive ketones (excluding diaryl/α,β-unsaturated/α-hetero) is 1. The number of benzene rings is 1. The number of aryl methyl sites for hydroxylation is 2. The number of ketones is 1. The average molecular weight is 443 g/mol. The van der Waals surface area contributed by atoms with Gasteiger partial charge in [-0.1, -0.05) is 0 Å². The number of piperidine rings is 1. The molecule has 0 spiro atoms. The number of rotatable bonds is 6. The van der Waals surface area contributed by atoms with Crippen LogP contribution in [0.3, 0.4) is 0 Å². The van der Waals surface area contributed by atoms with E-state index in [1.165, 1.54) is 16.9 Å². The molecule has 0 bridgehead atoms. The maximum absolute atomic E-state index is 13.4. The van der Waals surface area contributed by atoms with E-state index in [9.17, 15) is 23.2 Å². The molecule has 32 heavy (non-hydrogen) atoms. The van der Waals surface area contributed by atoms with Crippen molar-refractivity contribution in [3.63, 3.8) is 0 Å². The van der Waals surface area contributed by atoms with Crippen molar-refractivity contribution in [2.45, 2.75) is 32.1 Å². The molecule has 1 saturated heterocycles. The number of amides is 1. The van der Waals surface area contributed by atoms with Gasteiger partial charge in [0.2, 0.25) is 5.91 Å². The molecule has 2 aromatic heterocycles. The van der Waals surface area contributed by atoms with Crippen molar-refractivity contribution < 1.29 is 18.4 Å². The number of halogens is 2. The molecule has 0 unspecified atom stereocenters. The fraction of sp³-hybridized carbons (Fsp3) is 0.409. The van der Waals surface area contributed by atoms with Crippen LogP contribution in [-0.4, -0.2) is 49.4 Å². The summed E-state index contributed by atoms with van der Waals surface area (Å²) in [7, 11) is 1.71. The normalized spacial score (nSPS) is 14.8. The standard InChI is InChI=1S/C22H23F2N5O3/c1-28-21-15(12-25-28)22(32)27-18(26-21)3-2-4-19(30)29-9-7-13(8-10-29)20(31)14-5-6-16(23)17(24)11-14/h5-6,11-13H,2-4,7-10H2,1H3,(H,26,27,32). The molecular formula is C22H23F2N5O3. The van der Waals surface area contributed by atoms with Gasteiger partial charge in [-0.2, -0.15) is 5.10 Å². The third kappa shape index (κ3) is 4.44. The number of aromatic amines is 1. The SMILES string of the molecule is Cn1ncc2c(=O)[nH]c(CCCC(=O)N3CCC(C(=O)c4ccc(F)c(F)c4)CC3)nc21. The van der Waals surface area contributed by atoms with E-state index in [2.05, 4.69) is 15.1 Å². The molecule has 1 aliphatic rings. The lowest BCUT2D eigenvalue weighted by Crippen LogP contribution is -2.40. The zero-order valence-electron chi connectivity index (χ0n) is 17.6. The summed E-state index contributed by atoms with van der Waals surface area (Å²) in [6.45, 7) is 0.879. The van der Waals surface area contributed by atoms with Crippen molar-refractivity contribution in [1.82, 2.24) is 24.6 Å². The molecule has 1 aliphatic heterocycles. The van der Waals surface area contributed by atoms with E-state index < -0.39 is 11.6 Å². The maximum Gasteiger partial charge on any atom is 0.262 e. The summed E-state index contributed by atoms with van der Waals surface area (Å²) in [6.07, 6.45) is 3.71. The van der Waals surface area contributed by atoms with Crippen LogP contribution in [0.25, 0.3) is 11.0 Å². The second-order valence-corrected chi connectivity index (χ2v) is 8.02. The lowest BCUT2D eigenvalue weighted by Gasteiger charge is -2.31. The highest BCUT2D eigenvalue weighted by Crippen LogP contribution is 2.23. The summed E-state index contributed by atoms with van der Waals surface area (Å²) in [5.74, 6) is -2.08. The Balaban J connectivity index is 1.27. The Morgan fingerprint density at radius 1 is 1.19 bits per heavy atom. The Kier molecular flexibility index (Phi) is 6.11. The number of aromatic nitrogens is 4. The van der Waals surface area contributed by atoms with E-state index in [1.807, 2.05) is 0 Å². The topological polar surface area (TPSA) is 101 Å². The number of carbonyl (C=O) groups excluding carboxylic acids is 2. The molecule has 168 valence electrons. The van der Waals surface area contributed by atoms with Gasteiger partial charge in [-0.15, -0.1) is 0 Å². The lowest BCUT2D eigenvalue weighted by molar-refractivity contribution is -0.132. The number of nitrogens with one attached hydrogen (secondary N) is 1. The third-order valence-corrected chi connectivity index (χ3v) is 5.88. The summed E-state index contributed by atoms with van der Waals surface area (Å²) >= 11 is 0. The van der Waals surface area contributed by atoms with Crippen LogP contribution in [0.15, 0.2) is 29.2 Å². The quantitative estimate of drug-likeness (QED) is 0.590. The summed E-state index contributed by atoms with van der Waals surface area (Å²) in [5.41, 5.74) is 0.403. The van der Waals surface area contributed by atoms with Crippen molar-refractivity contribution in [3.8, 4) is 0 Å². The number of hydrogen-bond acceptors (Lipinski definition) is 5. The third-order valence-electron chi connectivity index (χ3n) is 5.88. The van der Waals surface area contributed by atoms with E-state index in [-0.39, 0.29) is 28.7 Å². The van der Waals surface area contributed by atoms with E-state index in [0.717, 1.165) is 12.1 Å². The zero-order chi connectivity index (χ0) is 22.8.